The van der Waals surface area contributed by atoms with Crippen molar-refractivity contribution in [3.05, 3.63) is 0 Å². The largest absolute Gasteiger partial charge is 0.379 e. The van der Waals surface area contributed by atoms with Gasteiger partial charge in [0.15, 0.2) is 0 Å². The second-order valence-electron chi connectivity index (χ2n) is 5.36. The molecule has 0 aromatic rings. The van der Waals surface area contributed by atoms with Crippen LogP contribution in [0.25, 0.3) is 0 Å². The third kappa shape index (κ3) is 4.93. The highest BCUT2D eigenvalue weighted by Crippen LogP contribution is 2.17. The van der Waals surface area contributed by atoms with E-state index in [1.54, 1.807) is 7.11 Å². The predicted molar refractivity (Wildman–Crippen MR) is 69.2 cm³/mol. The molecule has 0 amide bonds. The molecule has 1 atom stereocenters. The monoisotopic (exact) mass is 247 g/mol. The lowest BCUT2D eigenvalue weighted by molar-refractivity contribution is 0.00759. The molecule has 4 heteroatoms. The summed E-state index contributed by atoms with van der Waals surface area (Å²) < 4.78 is 16.7. The van der Waals surface area contributed by atoms with Gasteiger partial charge >= 0.3 is 0 Å². The molecule has 0 bridgehead atoms. The zero-order valence-electron chi connectivity index (χ0n) is 10.9. The summed E-state index contributed by atoms with van der Waals surface area (Å²) in [6.45, 7) is 6.43. The molecule has 0 spiro atoms. The summed E-state index contributed by atoms with van der Waals surface area (Å²) >= 11 is 0. The maximum atomic E-state index is 11.2. The van der Waals surface area contributed by atoms with E-state index in [2.05, 4.69) is 26.1 Å². The van der Waals surface area contributed by atoms with Crippen LogP contribution in [-0.4, -0.2) is 40.5 Å². The van der Waals surface area contributed by atoms with Crippen molar-refractivity contribution in [2.75, 3.05) is 18.6 Å². The van der Waals surface area contributed by atoms with Crippen LogP contribution < -0.4 is 5.32 Å². The smallest absolute Gasteiger partial charge is 0.0637 e. The van der Waals surface area contributed by atoms with Crippen molar-refractivity contribution >= 4 is 10.8 Å². The Balaban J connectivity index is 2.29. The van der Waals surface area contributed by atoms with Crippen molar-refractivity contribution < 1.29 is 8.95 Å². The van der Waals surface area contributed by atoms with Gasteiger partial charge in [-0.15, -0.1) is 0 Å². The molecular weight excluding hydrogens is 222 g/mol. The average Bonchev–Trinajstić information content (AvgIpc) is 2.21. The molecule has 1 aliphatic heterocycles. The Labute approximate surface area is 102 Å². The zero-order valence-corrected chi connectivity index (χ0v) is 11.7. The Morgan fingerprint density at radius 2 is 2.00 bits per heavy atom. The van der Waals surface area contributed by atoms with Crippen LogP contribution in [0.2, 0.25) is 0 Å². The fraction of sp³-hybridized carbons (Fsp3) is 1.00. The molecule has 0 radical (unpaired) electrons. The van der Waals surface area contributed by atoms with Crippen molar-refractivity contribution in [3.63, 3.8) is 0 Å². The predicted octanol–water partition coefficient (Wildman–Crippen LogP) is 1.69. The van der Waals surface area contributed by atoms with Gasteiger partial charge in [0.1, 0.15) is 0 Å². The van der Waals surface area contributed by atoms with E-state index in [0.717, 1.165) is 30.8 Å². The Hall–Kier alpha value is 0.0700. The fourth-order valence-corrected chi connectivity index (χ4v) is 3.54. The third-order valence-corrected chi connectivity index (χ3v) is 4.64. The highest BCUT2D eigenvalue weighted by atomic mass is 32.2. The van der Waals surface area contributed by atoms with E-state index in [-0.39, 0.29) is 5.60 Å². The van der Waals surface area contributed by atoms with Crippen LogP contribution in [0.15, 0.2) is 0 Å². The topological polar surface area (TPSA) is 38.3 Å². The van der Waals surface area contributed by atoms with Crippen molar-refractivity contribution in [1.29, 1.82) is 0 Å². The molecule has 0 aliphatic carbocycles. The van der Waals surface area contributed by atoms with E-state index in [1.165, 1.54) is 0 Å². The first-order chi connectivity index (χ1) is 7.43. The molecule has 0 saturated carbocycles. The Morgan fingerprint density at radius 1 is 1.44 bits per heavy atom. The SMILES string of the molecule is COC(C)(C)CC(C)NC1CCS(=O)CC1. The summed E-state index contributed by atoms with van der Waals surface area (Å²) in [7, 11) is 1.20. The lowest BCUT2D eigenvalue weighted by Gasteiger charge is -2.31. The van der Waals surface area contributed by atoms with Crippen LogP contribution in [0, 0.1) is 0 Å². The van der Waals surface area contributed by atoms with Gasteiger partial charge in [-0.2, -0.15) is 0 Å². The van der Waals surface area contributed by atoms with Gasteiger partial charge in [-0.05, 0) is 40.0 Å². The summed E-state index contributed by atoms with van der Waals surface area (Å²) in [6, 6.07) is 0.992. The van der Waals surface area contributed by atoms with Crippen LogP contribution in [0.4, 0.5) is 0 Å². The van der Waals surface area contributed by atoms with E-state index in [9.17, 15) is 4.21 Å². The highest BCUT2D eigenvalue weighted by molar-refractivity contribution is 7.85. The molecule has 1 N–H and O–H groups in total. The van der Waals surface area contributed by atoms with E-state index in [1.807, 2.05) is 0 Å². The lowest BCUT2D eigenvalue weighted by Crippen LogP contribution is -2.44. The minimum Gasteiger partial charge on any atom is -0.379 e. The summed E-state index contributed by atoms with van der Waals surface area (Å²) in [6.07, 6.45) is 3.10. The third-order valence-electron chi connectivity index (χ3n) is 3.26. The normalized spacial score (nSPS) is 29.0. The fourth-order valence-electron chi connectivity index (χ4n) is 2.24. The molecule has 1 heterocycles. The molecule has 3 nitrogen and oxygen atoms in total. The number of nitrogens with one attached hydrogen (secondary N) is 1. The van der Waals surface area contributed by atoms with Crippen LogP contribution in [0.1, 0.15) is 40.0 Å². The standard InChI is InChI=1S/C12H25NO2S/c1-10(9-12(2,3)15-4)13-11-5-7-16(14)8-6-11/h10-11,13H,5-9H2,1-4H3. The molecule has 1 rings (SSSR count). The van der Waals surface area contributed by atoms with Gasteiger partial charge in [0, 0.05) is 41.5 Å². The molecular formula is C12H25NO2S. The minimum absolute atomic E-state index is 0.0656. The Kier molecular flexibility index (Phi) is 5.41. The van der Waals surface area contributed by atoms with Crippen LogP contribution >= 0.6 is 0 Å². The molecule has 1 unspecified atom stereocenters. The van der Waals surface area contributed by atoms with Crippen molar-refractivity contribution in [1.82, 2.24) is 5.32 Å². The average molecular weight is 247 g/mol. The Morgan fingerprint density at radius 3 is 2.50 bits per heavy atom. The highest BCUT2D eigenvalue weighted by Gasteiger charge is 2.23. The van der Waals surface area contributed by atoms with Gasteiger partial charge in [-0.3, -0.25) is 4.21 Å². The first-order valence-corrected chi connectivity index (χ1v) is 7.58. The van der Waals surface area contributed by atoms with Crippen molar-refractivity contribution in [2.24, 2.45) is 0 Å². The van der Waals surface area contributed by atoms with Gasteiger partial charge in [0.25, 0.3) is 0 Å². The van der Waals surface area contributed by atoms with E-state index >= 15 is 0 Å². The molecule has 1 saturated heterocycles. The van der Waals surface area contributed by atoms with Crippen LogP contribution in [-0.2, 0) is 15.5 Å². The number of methoxy groups -OCH3 is 1. The second-order valence-corrected chi connectivity index (χ2v) is 7.05. The Bertz CT molecular complexity index is 233. The molecule has 16 heavy (non-hydrogen) atoms. The zero-order chi connectivity index (χ0) is 12.2. The second kappa shape index (κ2) is 6.12. The van der Waals surface area contributed by atoms with Gasteiger partial charge in [0.05, 0.1) is 5.60 Å². The number of hydrogen-bond acceptors (Lipinski definition) is 3. The molecule has 0 aromatic carbocycles. The maximum absolute atomic E-state index is 11.2. The van der Waals surface area contributed by atoms with E-state index in [4.69, 9.17) is 4.74 Å². The molecule has 0 aromatic heterocycles. The van der Waals surface area contributed by atoms with Crippen molar-refractivity contribution in [3.8, 4) is 0 Å². The minimum atomic E-state index is -0.561. The number of hydrogen-bond donors (Lipinski definition) is 1. The quantitative estimate of drug-likeness (QED) is 0.803. The summed E-state index contributed by atoms with van der Waals surface area (Å²) in [5.41, 5.74) is -0.0656. The first kappa shape index (κ1) is 14.1. The maximum Gasteiger partial charge on any atom is 0.0637 e. The van der Waals surface area contributed by atoms with Crippen LogP contribution in [0.5, 0.6) is 0 Å². The molecule has 1 aliphatic rings. The van der Waals surface area contributed by atoms with Gasteiger partial charge < -0.3 is 10.1 Å². The van der Waals surface area contributed by atoms with Gasteiger partial charge in [-0.25, -0.2) is 0 Å². The lowest BCUT2D eigenvalue weighted by atomic mass is 9.98. The summed E-state index contributed by atoms with van der Waals surface area (Å²) in [5, 5.41) is 3.62. The number of ether oxygens (including phenoxy) is 1. The van der Waals surface area contributed by atoms with Crippen LogP contribution in [0.3, 0.4) is 0 Å². The molecule has 1 fully saturated rings. The summed E-state index contributed by atoms with van der Waals surface area (Å²) in [5.74, 6) is 1.72. The summed E-state index contributed by atoms with van der Waals surface area (Å²) in [4.78, 5) is 0. The van der Waals surface area contributed by atoms with Crippen molar-refractivity contribution in [2.45, 2.75) is 57.7 Å². The first-order valence-electron chi connectivity index (χ1n) is 6.09. The van der Waals surface area contributed by atoms with Gasteiger partial charge in [-0.1, -0.05) is 0 Å². The van der Waals surface area contributed by atoms with Gasteiger partial charge in [0.2, 0.25) is 0 Å². The number of rotatable bonds is 5. The molecule has 96 valence electrons. The van der Waals surface area contributed by atoms with E-state index < -0.39 is 10.8 Å². The van der Waals surface area contributed by atoms with E-state index in [0.29, 0.717) is 12.1 Å².